The molecule has 2 heterocycles. The van der Waals surface area contributed by atoms with Crippen LogP contribution in [-0.4, -0.2) is 34.1 Å². The Balaban J connectivity index is 2.18. The van der Waals surface area contributed by atoms with Gasteiger partial charge < -0.3 is 10.0 Å². The zero-order chi connectivity index (χ0) is 12.4. The number of nitrogens with zero attached hydrogens (tertiary/aromatic N) is 3. The van der Waals surface area contributed by atoms with Gasteiger partial charge in [0, 0.05) is 18.8 Å². The second-order valence-electron chi connectivity index (χ2n) is 4.26. The lowest BCUT2D eigenvalue weighted by Gasteiger charge is -2.30. The fourth-order valence-electron chi connectivity index (χ4n) is 2.02. The maximum Gasteiger partial charge on any atom is 0.308 e. The molecule has 0 bridgehead atoms. The molecule has 17 heavy (non-hydrogen) atoms. The van der Waals surface area contributed by atoms with Gasteiger partial charge in [-0.15, -0.1) is 0 Å². The van der Waals surface area contributed by atoms with Crippen LogP contribution in [0.4, 0.5) is 5.95 Å². The van der Waals surface area contributed by atoms with Gasteiger partial charge >= 0.3 is 5.97 Å². The monoisotopic (exact) mass is 255 g/mol. The number of piperidine rings is 1. The molecule has 1 fully saturated rings. The molecule has 1 atom stereocenters. The Hall–Kier alpha value is -1.36. The van der Waals surface area contributed by atoms with Gasteiger partial charge in [0.25, 0.3) is 0 Å². The zero-order valence-corrected chi connectivity index (χ0v) is 10.3. The van der Waals surface area contributed by atoms with E-state index < -0.39 is 5.97 Å². The number of carboxylic acids is 1. The molecule has 92 valence electrons. The van der Waals surface area contributed by atoms with Crippen molar-refractivity contribution >= 4 is 23.5 Å². The molecule has 0 aliphatic carbocycles. The highest BCUT2D eigenvalue weighted by Gasteiger charge is 2.26. The van der Waals surface area contributed by atoms with Crippen molar-refractivity contribution < 1.29 is 9.90 Å². The summed E-state index contributed by atoms with van der Waals surface area (Å²) >= 11 is 5.87. The van der Waals surface area contributed by atoms with Crippen LogP contribution in [0.1, 0.15) is 18.5 Å². The molecule has 0 unspecified atom stereocenters. The Morgan fingerprint density at radius 3 is 3.00 bits per heavy atom. The van der Waals surface area contributed by atoms with Crippen molar-refractivity contribution in [3.05, 3.63) is 16.9 Å². The number of aliphatic carboxylic acids is 1. The number of halogens is 1. The summed E-state index contributed by atoms with van der Waals surface area (Å²) in [6.07, 6.45) is 1.55. The minimum Gasteiger partial charge on any atom is -0.481 e. The number of aromatic nitrogens is 2. The Labute approximate surface area is 104 Å². The summed E-state index contributed by atoms with van der Waals surface area (Å²) in [4.78, 5) is 21.3. The van der Waals surface area contributed by atoms with E-state index in [0.29, 0.717) is 24.1 Å². The highest BCUT2D eigenvalue weighted by atomic mass is 35.5. The average Bonchev–Trinajstić information content (AvgIpc) is 2.28. The van der Waals surface area contributed by atoms with Crippen LogP contribution >= 0.6 is 11.6 Å². The van der Waals surface area contributed by atoms with Gasteiger partial charge in [-0.2, -0.15) is 0 Å². The maximum absolute atomic E-state index is 11.0. The first-order chi connectivity index (χ1) is 8.06. The standard InChI is InChI=1S/C11H14ClN3O2/c1-7-5-9(12)14-11(13-7)15-4-2-3-8(6-15)10(16)17/h5,8H,2-4,6H2,1H3,(H,16,17)/t8-/m0/s1. The molecule has 1 aromatic rings. The number of aryl methyl sites for hydroxylation is 1. The summed E-state index contributed by atoms with van der Waals surface area (Å²) in [6.45, 7) is 3.08. The van der Waals surface area contributed by atoms with Crippen LogP contribution in [0.2, 0.25) is 5.15 Å². The number of anilines is 1. The van der Waals surface area contributed by atoms with Gasteiger partial charge in [-0.3, -0.25) is 4.79 Å². The van der Waals surface area contributed by atoms with Gasteiger partial charge in [-0.05, 0) is 25.8 Å². The molecule has 0 amide bonds. The van der Waals surface area contributed by atoms with E-state index in [1.165, 1.54) is 0 Å². The van der Waals surface area contributed by atoms with Crippen LogP contribution in [-0.2, 0) is 4.79 Å². The van der Waals surface area contributed by atoms with Gasteiger partial charge in [0.05, 0.1) is 5.92 Å². The average molecular weight is 256 g/mol. The van der Waals surface area contributed by atoms with Gasteiger partial charge in [-0.1, -0.05) is 11.6 Å². The predicted octanol–water partition coefficient (Wildman–Crippen LogP) is 1.74. The molecule has 6 heteroatoms. The third-order valence-corrected chi connectivity index (χ3v) is 3.06. The van der Waals surface area contributed by atoms with Crippen LogP contribution in [0, 0.1) is 12.8 Å². The highest BCUT2D eigenvalue weighted by molar-refractivity contribution is 6.29. The second-order valence-corrected chi connectivity index (χ2v) is 4.64. The van der Waals surface area contributed by atoms with Crippen LogP contribution < -0.4 is 4.90 Å². The smallest absolute Gasteiger partial charge is 0.308 e. The third kappa shape index (κ3) is 2.85. The normalized spacial score (nSPS) is 20.4. The molecule has 5 nitrogen and oxygen atoms in total. The van der Waals surface area contributed by atoms with Crippen molar-refractivity contribution in [3.8, 4) is 0 Å². The lowest BCUT2D eigenvalue weighted by Crippen LogP contribution is -2.39. The summed E-state index contributed by atoms with van der Waals surface area (Å²) in [5, 5.41) is 9.41. The summed E-state index contributed by atoms with van der Waals surface area (Å²) in [7, 11) is 0. The van der Waals surface area contributed by atoms with Gasteiger partial charge in [0.15, 0.2) is 0 Å². The number of carboxylic acid groups (broad SMARTS) is 1. The predicted molar refractivity (Wildman–Crippen MR) is 64.4 cm³/mol. The highest BCUT2D eigenvalue weighted by Crippen LogP contribution is 2.22. The van der Waals surface area contributed by atoms with Crippen LogP contribution in [0.25, 0.3) is 0 Å². The van der Waals surface area contributed by atoms with E-state index in [-0.39, 0.29) is 5.92 Å². The van der Waals surface area contributed by atoms with E-state index in [1.807, 2.05) is 11.8 Å². The van der Waals surface area contributed by atoms with Gasteiger partial charge in [0.2, 0.25) is 5.95 Å². The third-order valence-electron chi connectivity index (χ3n) is 2.86. The lowest BCUT2D eigenvalue weighted by molar-refractivity contribution is -0.141. The molecular formula is C11H14ClN3O2. The van der Waals surface area contributed by atoms with Crippen LogP contribution in [0.5, 0.6) is 0 Å². The minimum atomic E-state index is -0.756. The molecule has 1 aromatic heterocycles. The second kappa shape index (κ2) is 4.87. The quantitative estimate of drug-likeness (QED) is 0.816. The van der Waals surface area contributed by atoms with E-state index in [2.05, 4.69) is 9.97 Å². The molecule has 0 radical (unpaired) electrons. The number of rotatable bonds is 2. The van der Waals surface area contributed by atoms with Crippen molar-refractivity contribution in [2.24, 2.45) is 5.92 Å². The molecule has 0 spiro atoms. The zero-order valence-electron chi connectivity index (χ0n) is 9.56. The largest absolute Gasteiger partial charge is 0.481 e. The Morgan fingerprint density at radius 2 is 2.35 bits per heavy atom. The molecule has 2 rings (SSSR count). The number of carbonyl (C=O) groups is 1. The topological polar surface area (TPSA) is 66.3 Å². The molecule has 1 aliphatic rings. The van der Waals surface area contributed by atoms with Crippen molar-refractivity contribution in [2.45, 2.75) is 19.8 Å². The molecular weight excluding hydrogens is 242 g/mol. The fourth-order valence-corrected chi connectivity index (χ4v) is 2.25. The number of hydrogen-bond donors (Lipinski definition) is 1. The molecule has 0 aromatic carbocycles. The molecule has 1 aliphatic heterocycles. The lowest BCUT2D eigenvalue weighted by atomic mass is 9.99. The first-order valence-electron chi connectivity index (χ1n) is 5.55. The maximum atomic E-state index is 11.0. The van der Waals surface area contributed by atoms with Crippen molar-refractivity contribution in [1.29, 1.82) is 0 Å². The Bertz CT molecular complexity index is 418. The van der Waals surface area contributed by atoms with E-state index in [4.69, 9.17) is 16.7 Å². The SMILES string of the molecule is Cc1cc(Cl)nc(N2CCC[C@H](C(=O)O)C2)n1. The summed E-state index contributed by atoms with van der Waals surface area (Å²) in [5.74, 6) is -0.568. The molecule has 1 N–H and O–H groups in total. The van der Waals surface area contributed by atoms with Crippen LogP contribution in [0.3, 0.4) is 0 Å². The summed E-state index contributed by atoms with van der Waals surface area (Å²) < 4.78 is 0. The van der Waals surface area contributed by atoms with Crippen molar-refractivity contribution in [3.63, 3.8) is 0 Å². The number of hydrogen-bond acceptors (Lipinski definition) is 4. The van der Waals surface area contributed by atoms with E-state index in [1.54, 1.807) is 6.07 Å². The van der Waals surface area contributed by atoms with E-state index in [9.17, 15) is 4.79 Å². The van der Waals surface area contributed by atoms with E-state index in [0.717, 1.165) is 18.7 Å². The van der Waals surface area contributed by atoms with E-state index >= 15 is 0 Å². The molecule has 0 saturated carbocycles. The molecule has 1 saturated heterocycles. The Morgan fingerprint density at radius 1 is 1.59 bits per heavy atom. The van der Waals surface area contributed by atoms with Gasteiger partial charge in [0.1, 0.15) is 5.15 Å². The van der Waals surface area contributed by atoms with Crippen molar-refractivity contribution in [1.82, 2.24) is 9.97 Å². The Kier molecular flexibility index (Phi) is 3.47. The van der Waals surface area contributed by atoms with Crippen molar-refractivity contribution in [2.75, 3.05) is 18.0 Å². The first kappa shape index (κ1) is 12.1. The van der Waals surface area contributed by atoms with Gasteiger partial charge in [-0.25, -0.2) is 9.97 Å². The summed E-state index contributed by atoms with van der Waals surface area (Å²) in [6, 6.07) is 1.68. The first-order valence-corrected chi connectivity index (χ1v) is 5.93. The minimum absolute atomic E-state index is 0.341. The summed E-state index contributed by atoms with van der Waals surface area (Å²) in [5.41, 5.74) is 0.789. The fraction of sp³-hybridized carbons (Fsp3) is 0.545. The van der Waals surface area contributed by atoms with Crippen LogP contribution in [0.15, 0.2) is 6.07 Å².